The summed E-state index contributed by atoms with van der Waals surface area (Å²) in [4.78, 5) is 96.5. The van der Waals surface area contributed by atoms with Gasteiger partial charge in [0.25, 0.3) is 5.91 Å². The Morgan fingerprint density at radius 3 is 2.02 bits per heavy atom. The normalized spacial score (nSPS) is 27.3. The van der Waals surface area contributed by atoms with Crippen molar-refractivity contribution >= 4 is 60.9 Å². The maximum atomic E-state index is 15.3. The van der Waals surface area contributed by atoms with Gasteiger partial charge in [-0.25, -0.2) is 0 Å². The van der Waals surface area contributed by atoms with Crippen LogP contribution in [0.15, 0.2) is 66.7 Å². The Labute approximate surface area is 342 Å². The molecule has 4 amide bonds. The first-order valence-electron chi connectivity index (χ1n) is 19.9. The van der Waals surface area contributed by atoms with Crippen molar-refractivity contribution in [1.82, 2.24) is 4.90 Å². The number of carbonyl (C=O) groups excluding carboxylic acids is 6. The quantitative estimate of drug-likeness (QED) is 0.173. The first-order valence-corrected chi connectivity index (χ1v) is 23.0. The molecule has 5 aliphatic rings. The van der Waals surface area contributed by atoms with E-state index in [1.165, 1.54) is 23.6 Å². The van der Waals surface area contributed by atoms with Gasteiger partial charge in [0, 0.05) is 48.8 Å². The van der Waals surface area contributed by atoms with Crippen LogP contribution in [0.5, 0.6) is 0 Å². The third-order valence-electron chi connectivity index (χ3n) is 12.5. The molecule has 0 bridgehead atoms. The molecule has 8 rings (SSSR count). The molecule has 7 atom stereocenters. The van der Waals surface area contributed by atoms with Gasteiger partial charge in [0.2, 0.25) is 17.7 Å². The molecule has 0 aliphatic carbocycles. The first-order chi connectivity index (χ1) is 28.0. The van der Waals surface area contributed by atoms with E-state index in [1.54, 1.807) is 65.4 Å². The smallest absolute Gasteiger partial charge is 0.304 e. The van der Waals surface area contributed by atoms with E-state index in [0.29, 0.717) is 41.2 Å². The van der Waals surface area contributed by atoms with Crippen molar-refractivity contribution in [1.29, 1.82) is 0 Å². The lowest BCUT2D eigenvalue weighted by Crippen LogP contribution is -2.55. The van der Waals surface area contributed by atoms with Crippen LogP contribution in [0.1, 0.15) is 62.3 Å². The van der Waals surface area contributed by atoms with Crippen molar-refractivity contribution in [3.63, 3.8) is 0 Å². The molecule has 0 aromatic heterocycles. The number of ether oxygens (including phenoxy) is 3. The zero-order valence-corrected chi connectivity index (χ0v) is 34.6. The number of carbonyl (C=O) groups is 6. The molecule has 3 aromatic carbocycles. The molecule has 3 aromatic rings. The summed E-state index contributed by atoms with van der Waals surface area (Å²) in [5, 5.41) is 10.4. The number of aliphatic hydroxyl groups excluding tert-OH is 1. The van der Waals surface area contributed by atoms with Gasteiger partial charge in [-0.15, -0.1) is 0 Å². The summed E-state index contributed by atoms with van der Waals surface area (Å²) in [6.07, 6.45) is -1.95. The van der Waals surface area contributed by atoms with Crippen LogP contribution in [0.3, 0.4) is 0 Å². The summed E-state index contributed by atoms with van der Waals surface area (Å²) < 4.78 is 17.7. The zero-order valence-electron chi connectivity index (χ0n) is 33.6. The lowest BCUT2D eigenvalue weighted by molar-refractivity contribution is -0.155. The number of aliphatic hydroxyl groups is 1. The summed E-state index contributed by atoms with van der Waals surface area (Å²) >= 11 is 0. The largest absolute Gasteiger partial charge is 0.441 e. The number of hydrogen-bond donors (Lipinski definition) is 2. The van der Waals surface area contributed by atoms with Gasteiger partial charge in [0.15, 0.2) is 26.4 Å². The standard InChI is InChI=1S/C43H48N4O11Si/c1-24-41(59(4,5)55)35(18-36(51)44-22-29-9-7-6-8-28(29)16-32(44)23-48)58-43(24)33-17-31(47-38(53)20-40(47)57-26(3)50)14-15-34(33)45(42(43)54)21-27-10-12-30(13-11-27)46-37(52)19-39(46)56-25(2)49/h6-15,17,24,32,35,39-41,48,55H,16,18-23H2,1-5H3/t24-,32+,35+,39?,40?,41-,43+/m1/s1. The summed E-state index contributed by atoms with van der Waals surface area (Å²) in [6.45, 7) is 8.12. The molecule has 2 N–H and O–H groups in total. The molecule has 0 radical (unpaired) electrons. The molecular formula is C43H48N4O11Si. The van der Waals surface area contributed by atoms with E-state index in [1.807, 2.05) is 31.2 Å². The Kier molecular flexibility index (Phi) is 10.3. The predicted octanol–water partition coefficient (Wildman–Crippen LogP) is 3.62. The number of esters is 2. The fraction of sp³-hybridized carbons (Fsp3) is 0.442. The van der Waals surface area contributed by atoms with Gasteiger partial charge in [-0.3, -0.25) is 38.6 Å². The number of nitrogens with zero attached hydrogens (tertiary/aromatic N) is 4. The molecule has 5 heterocycles. The van der Waals surface area contributed by atoms with Crippen LogP contribution in [0.2, 0.25) is 18.6 Å². The van der Waals surface area contributed by atoms with E-state index in [2.05, 4.69) is 0 Å². The number of amides is 4. The minimum absolute atomic E-state index is 0.00673. The highest BCUT2D eigenvalue weighted by atomic mass is 28.4. The number of β-lactam (4-membered cyclic amide) rings is 2. The molecule has 16 heteroatoms. The van der Waals surface area contributed by atoms with E-state index < -0.39 is 67.8 Å². The van der Waals surface area contributed by atoms with Crippen LogP contribution >= 0.6 is 0 Å². The van der Waals surface area contributed by atoms with Gasteiger partial charge >= 0.3 is 11.9 Å². The van der Waals surface area contributed by atoms with Crippen LogP contribution < -0.4 is 14.7 Å². The summed E-state index contributed by atoms with van der Waals surface area (Å²) in [6, 6.07) is 19.5. The third kappa shape index (κ3) is 6.90. The predicted molar refractivity (Wildman–Crippen MR) is 215 cm³/mol. The van der Waals surface area contributed by atoms with Crippen LogP contribution in [0.4, 0.5) is 17.1 Å². The fourth-order valence-corrected chi connectivity index (χ4v) is 12.4. The first kappa shape index (κ1) is 40.4. The SMILES string of the molecule is CC(=O)OC1CC(=O)N1c1ccc(CN2C(=O)[C@@]3(O[C@@H](CC(=O)N4Cc5ccccc5C[C@H]4CO)[C@H]([Si](C)(C)O)[C@H]3C)c3cc(N4C(=O)CC4OC(C)=O)ccc32)cc1. The average molecular weight is 825 g/mol. The summed E-state index contributed by atoms with van der Waals surface area (Å²) in [5.41, 5.74) is 2.40. The molecule has 59 heavy (non-hydrogen) atoms. The average Bonchev–Trinajstić information content (AvgIpc) is 3.59. The zero-order chi connectivity index (χ0) is 42.1. The summed E-state index contributed by atoms with van der Waals surface area (Å²) in [7, 11) is -3.20. The van der Waals surface area contributed by atoms with Crippen molar-refractivity contribution in [2.24, 2.45) is 5.92 Å². The maximum Gasteiger partial charge on any atom is 0.304 e. The molecular weight excluding hydrogens is 777 g/mol. The monoisotopic (exact) mass is 824 g/mol. The second-order valence-electron chi connectivity index (χ2n) is 16.7. The molecule has 0 saturated carbocycles. The van der Waals surface area contributed by atoms with Gasteiger partial charge in [0.05, 0.1) is 50.2 Å². The third-order valence-corrected chi connectivity index (χ3v) is 15.0. The minimum Gasteiger partial charge on any atom is -0.441 e. The van der Waals surface area contributed by atoms with Gasteiger partial charge in [-0.1, -0.05) is 43.3 Å². The highest BCUT2D eigenvalue weighted by Gasteiger charge is 2.67. The van der Waals surface area contributed by atoms with Crippen LogP contribution in [-0.4, -0.2) is 89.9 Å². The molecule has 2 unspecified atom stereocenters. The molecule has 1 spiro atoms. The number of rotatable bonds is 10. The minimum atomic E-state index is -3.20. The molecule has 310 valence electrons. The summed E-state index contributed by atoms with van der Waals surface area (Å²) in [5.74, 6) is -2.80. The van der Waals surface area contributed by atoms with Crippen LogP contribution in [0, 0.1) is 5.92 Å². The van der Waals surface area contributed by atoms with Crippen molar-refractivity contribution < 1.29 is 52.9 Å². The number of hydrogen-bond acceptors (Lipinski definition) is 11. The van der Waals surface area contributed by atoms with Gasteiger partial charge < -0.3 is 33.9 Å². The van der Waals surface area contributed by atoms with Gasteiger partial charge in [-0.2, -0.15) is 0 Å². The van der Waals surface area contributed by atoms with Crippen molar-refractivity contribution in [3.8, 4) is 0 Å². The van der Waals surface area contributed by atoms with E-state index in [4.69, 9.17) is 14.2 Å². The molecule has 3 fully saturated rings. The second-order valence-corrected chi connectivity index (χ2v) is 20.7. The van der Waals surface area contributed by atoms with Crippen LogP contribution in [0.25, 0.3) is 0 Å². The molecule has 15 nitrogen and oxygen atoms in total. The number of benzene rings is 3. The topological polar surface area (TPSA) is 184 Å². The Hall–Kier alpha value is -5.42. The Morgan fingerprint density at radius 2 is 1.44 bits per heavy atom. The van der Waals surface area contributed by atoms with E-state index in [9.17, 15) is 33.9 Å². The Morgan fingerprint density at radius 1 is 0.847 bits per heavy atom. The lowest BCUT2D eigenvalue weighted by Gasteiger charge is -2.39. The van der Waals surface area contributed by atoms with Crippen LogP contribution in [-0.2, 0) is 68.1 Å². The second kappa shape index (κ2) is 15.0. The van der Waals surface area contributed by atoms with Gasteiger partial charge in [-0.05, 0) is 66.5 Å². The van der Waals surface area contributed by atoms with E-state index >= 15 is 4.79 Å². The van der Waals surface area contributed by atoms with Crippen molar-refractivity contribution in [3.05, 3.63) is 89.0 Å². The van der Waals surface area contributed by atoms with Crippen molar-refractivity contribution in [2.75, 3.05) is 21.3 Å². The Bertz CT molecular complexity index is 2240. The van der Waals surface area contributed by atoms with E-state index in [-0.39, 0.29) is 50.1 Å². The molecule has 3 saturated heterocycles. The molecule has 5 aliphatic heterocycles. The number of anilines is 3. The Balaban J connectivity index is 1.15. The highest BCUT2D eigenvalue weighted by molar-refractivity contribution is 6.71. The van der Waals surface area contributed by atoms with Crippen molar-refractivity contribution in [2.45, 2.75) is 108 Å². The number of fused-ring (bicyclic) bond motifs is 3. The maximum absolute atomic E-state index is 15.3. The fourth-order valence-electron chi connectivity index (χ4n) is 9.82. The van der Waals surface area contributed by atoms with E-state index in [0.717, 1.165) is 11.1 Å². The highest BCUT2D eigenvalue weighted by Crippen LogP contribution is 2.60. The van der Waals surface area contributed by atoms with Gasteiger partial charge in [0.1, 0.15) is 0 Å². The lowest BCUT2D eigenvalue weighted by atomic mass is 9.82.